The Morgan fingerprint density at radius 3 is 2.44 bits per heavy atom. The molecule has 1 aliphatic rings. The lowest BCUT2D eigenvalue weighted by atomic mass is 9.94. The van der Waals surface area contributed by atoms with Crippen LogP contribution in [0, 0.1) is 6.92 Å². The van der Waals surface area contributed by atoms with Crippen LogP contribution in [0.15, 0.2) is 42.0 Å². The number of benzene rings is 2. The van der Waals surface area contributed by atoms with Crippen LogP contribution in [0.3, 0.4) is 0 Å². The number of carbonyl (C=O) groups is 2. The third-order valence-corrected chi connectivity index (χ3v) is 5.95. The number of aromatic hydroxyl groups is 1. The molecule has 1 aliphatic heterocycles. The summed E-state index contributed by atoms with van der Waals surface area (Å²) in [5, 5.41) is 21.5. The van der Waals surface area contributed by atoms with Gasteiger partial charge in [-0.15, -0.1) is 0 Å². The van der Waals surface area contributed by atoms with Crippen LogP contribution in [0.25, 0.3) is 5.76 Å². The van der Waals surface area contributed by atoms with Gasteiger partial charge in [0.2, 0.25) is 0 Å². The summed E-state index contributed by atoms with van der Waals surface area (Å²) < 4.78 is 11.3. The average Bonchev–Trinajstić information content (AvgIpc) is 3.06. The van der Waals surface area contributed by atoms with Gasteiger partial charge >= 0.3 is 0 Å². The fraction of sp³-hybridized carbons (Fsp3) is 0.429. The molecule has 1 unspecified atom stereocenters. The highest BCUT2D eigenvalue weighted by molar-refractivity contribution is 6.46. The minimum atomic E-state index is -0.820. The standard InChI is InChI=1S/C28H36N2O6/c1-7-35-23-16-19(9-11-21(23)31)25-24(27(33)28(34)30(25)14-8-13-29(5)6)26(32)20-10-12-22(18(4)15-20)36-17(2)3/h9-12,15-17,25,31-32H,7-8,13-14H2,1-6H3/b26-24-. The van der Waals surface area contributed by atoms with Crippen LogP contribution in [-0.2, 0) is 9.59 Å². The van der Waals surface area contributed by atoms with Crippen molar-refractivity contribution in [2.24, 2.45) is 0 Å². The molecule has 0 aliphatic carbocycles. The van der Waals surface area contributed by atoms with Crippen molar-refractivity contribution in [2.75, 3.05) is 33.8 Å². The summed E-state index contributed by atoms with van der Waals surface area (Å²) in [4.78, 5) is 29.9. The van der Waals surface area contributed by atoms with Crippen molar-refractivity contribution in [1.29, 1.82) is 0 Å². The summed E-state index contributed by atoms with van der Waals surface area (Å²) in [6.45, 7) is 8.92. The second-order valence-corrected chi connectivity index (χ2v) is 9.46. The van der Waals surface area contributed by atoms with Crippen molar-refractivity contribution in [3.8, 4) is 17.2 Å². The fourth-order valence-electron chi connectivity index (χ4n) is 4.32. The second-order valence-electron chi connectivity index (χ2n) is 9.46. The zero-order chi connectivity index (χ0) is 26.6. The Labute approximate surface area is 212 Å². The number of hydrogen-bond acceptors (Lipinski definition) is 7. The number of carbonyl (C=O) groups excluding carboxylic acids is 2. The Hall–Kier alpha value is -3.52. The Bertz CT molecular complexity index is 1150. The number of ketones is 1. The summed E-state index contributed by atoms with van der Waals surface area (Å²) in [5.74, 6) is -0.765. The lowest BCUT2D eigenvalue weighted by molar-refractivity contribution is -0.139. The lowest BCUT2D eigenvalue weighted by Gasteiger charge is -2.26. The maximum Gasteiger partial charge on any atom is 0.295 e. The van der Waals surface area contributed by atoms with E-state index in [1.807, 2.05) is 39.8 Å². The highest BCUT2D eigenvalue weighted by Crippen LogP contribution is 2.42. The van der Waals surface area contributed by atoms with Crippen molar-refractivity contribution < 1.29 is 29.3 Å². The van der Waals surface area contributed by atoms with E-state index in [4.69, 9.17) is 9.47 Å². The van der Waals surface area contributed by atoms with Gasteiger partial charge in [0.05, 0.1) is 24.3 Å². The number of phenolic OH excluding ortho intramolecular Hbond substituents is 1. The monoisotopic (exact) mass is 496 g/mol. The van der Waals surface area contributed by atoms with Crippen molar-refractivity contribution in [3.05, 3.63) is 58.7 Å². The van der Waals surface area contributed by atoms with E-state index >= 15 is 0 Å². The lowest BCUT2D eigenvalue weighted by Crippen LogP contribution is -2.32. The van der Waals surface area contributed by atoms with Crippen molar-refractivity contribution in [2.45, 2.75) is 46.3 Å². The highest BCUT2D eigenvalue weighted by Gasteiger charge is 2.46. The number of rotatable bonds is 10. The number of amides is 1. The van der Waals surface area contributed by atoms with Crippen molar-refractivity contribution in [1.82, 2.24) is 9.80 Å². The molecular formula is C28H36N2O6. The normalized spacial score (nSPS) is 17.3. The summed E-state index contributed by atoms with van der Waals surface area (Å²) in [5.41, 5.74) is 1.80. The maximum absolute atomic E-state index is 13.3. The predicted octanol–water partition coefficient (Wildman–Crippen LogP) is 4.26. The topological polar surface area (TPSA) is 99.5 Å². The summed E-state index contributed by atoms with van der Waals surface area (Å²) in [6.07, 6.45) is 0.637. The molecule has 194 valence electrons. The Morgan fingerprint density at radius 2 is 1.83 bits per heavy atom. The molecule has 2 N–H and O–H groups in total. The molecule has 0 aromatic heterocycles. The zero-order valence-electron chi connectivity index (χ0n) is 21.9. The third-order valence-electron chi connectivity index (χ3n) is 5.95. The summed E-state index contributed by atoms with van der Waals surface area (Å²) in [7, 11) is 3.88. The number of aliphatic hydroxyl groups excluding tert-OH is 1. The second kappa shape index (κ2) is 11.5. The van der Waals surface area contributed by atoms with Crippen LogP contribution >= 0.6 is 0 Å². The van der Waals surface area contributed by atoms with Gasteiger partial charge in [0.25, 0.3) is 11.7 Å². The van der Waals surface area contributed by atoms with E-state index in [1.165, 1.54) is 11.0 Å². The van der Waals surface area contributed by atoms with Gasteiger partial charge in [-0.05, 0) is 96.2 Å². The first kappa shape index (κ1) is 27.1. The fourth-order valence-corrected chi connectivity index (χ4v) is 4.32. The molecule has 0 radical (unpaired) electrons. The Kier molecular flexibility index (Phi) is 8.63. The largest absolute Gasteiger partial charge is 0.507 e. The number of likely N-dealkylation sites (tertiary alicyclic amines) is 1. The van der Waals surface area contributed by atoms with Gasteiger partial charge in [0, 0.05) is 12.1 Å². The first-order valence-electron chi connectivity index (χ1n) is 12.2. The molecule has 0 saturated carbocycles. The SMILES string of the molecule is CCOc1cc(C2/C(=C(/O)c3ccc(OC(C)C)c(C)c3)C(=O)C(=O)N2CCCN(C)C)ccc1O. The Morgan fingerprint density at radius 1 is 1.11 bits per heavy atom. The maximum atomic E-state index is 13.3. The molecule has 1 atom stereocenters. The van der Waals surface area contributed by atoms with E-state index in [1.54, 1.807) is 37.3 Å². The van der Waals surface area contributed by atoms with Gasteiger partial charge in [-0.1, -0.05) is 6.07 Å². The molecule has 1 fully saturated rings. The average molecular weight is 497 g/mol. The number of Topliss-reactive ketones (excluding diaryl/α,β-unsaturated/α-hetero) is 1. The van der Waals surface area contributed by atoms with Crippen LogP contribution in [0.2, 0.25) is 0 Å². The molecule has 1 amide bonds. The van der Waals surface area contributed by atoms with E-state index in [9.17, 15) is 19.8 Å². The summed E-state index contributed by atoms with van der Waals surface area (Å²) >= 11 is 0. The number of hydrogen-bond donors (Lipinski definition) is 2. The quantitative estimate of drug-likeness (QED) is 0.288. The van der Waals surface area contributed by atoms with Gasteiger partial charge in [0.15, 0.2) is 11.5 Å². The van der Waals surface area contributed by atoms with E-state index in [2.05, 4.69) is 0 Å². The van der Waals surface area contributed by atoms with Gasteiger partial charge in [-0.2, -0.15) is 0 Å². The van der Waals surface area contributed by atoms with Crippen LogP contribution in [-0.4, -0.2) is 71.6 Å². The van der Waals surface area contributed by atoms with Crippen molar-refractivity contribution >= 4 is 17.4 Å². The molecule has 8 nitrogen and oxygen atoms in total. The van der Waals surface area contributed by atoms with Crippen molar-refractivity contribution in [3.63, 3.8) is 0 Å². The summed E-state index contributed by atoms with van der Waals surface area (Å²) in [6, 6.07) is 9.09. The van der Waals surface area contributed by atoms with E-state index in [0.29, 0.717) is 36.4 Å². The number of nitrogens with zero attached hydrogens (tertiary/aromatic N) is 2. The minimum absolute atomic E-state index is 0.00918. The number of phenols is 1. The highest BCUT2D eigenvalue weighted by atomic mass is 16.5. The van der Waals surface area contributed by atoms with Gasteiger partial charge in [0.1, 0.15) is 11.5 Å². The third kappa shape index (κ3) is 5.82. The zero-order valence-corrected chi connectivity index (χ0v) is 21.9. The first-order chi connectivity index (χ1) is 17.0. The predicted molar refractivity (Wildman–Crippen MR) is 138 cm³/mol. The minimum Gasteiger partial charge on any atom is -0.507 e. The molecule has 2 aromatic carbocycles. The molecule has 8 heteroatoms. The van der Waals surface area contributed by atoms with Gasteiger partial charge < -0.3 is 29.5 Å². The van der Waals surface area contributed by atoms with E-state index in [-0.39, 0.29) is 28.9 Å². The molecule has 1 heterocycles. The van der Waals surface area contributed by atoms with Crippen LogP contribution in [0.1, 0.15) is 49.9 Å². The molecular weight excluding hydrogens is 460 g/mol. The molecule has 36 heavy (non-hydrogen) atoms. The molecule has 3 rings (SSSR count). The molecule has 1 saturated heterocycles. The molecule has 0 spiro atoms. The van der Waals surface area contributed by atoms with Gasteiger partial charge in [-0.25, -0.2) is 0 Å². The number of aliphatic hydroxyl groups is 1. The van der Waals surface area contributed by atoms with E-state index < -0.39 is 17.7 Å². The van der Waals surface area contributed by atoms with Crippen LogP contribution in [0.4, 0.5) is 0 Å². The van der Waals surface area contributed by atoms with Crippen LogP contribution < -0.4 is 9.47 Å². The van der Waals surface area contributed by atoms with Gasteiger partial charge in [-0.3, -0.25) is 9.59 Å². The number of ether oxygens (including phenoxy) is 2. The smallest absolute Gasteiger partial charge is 0.295 e. The van der Waals surface area contributed by atoms with E-state index in [0.717, 1.165) is 12.1 Å². The molecule has 2 aromatic rings. The molecule has 0 bridgehead atoms. The first-order valence-corrected chi connectivity index (χ1v) is 12.2. The number of aryl methyl sites for hydroxylation is 1. The Balaban J connectivity index is 2.13. The van der Waals surface area contributed by atoms with Crippen LogP contribution in [0.5, 0.6) is 17.2 Å².